The van der Waals surface area contributed by atoms with Crippen molar-refractivity contribution in [2.45, 2.75) is 29.6 Å². The predicted octanol–water partition coefficient (Wildman–Crippen LogP) is 2.36. The lowest BCUT2D eigenvalue weighted by Gasteiger charge is -2.22. The van der Waals surface area contributed by atoms with Crippen LogP contribution in [0.15, 0.2) is 46.0 Å². The molecule has 1 aromatic carbocycles. The van der Waals surface area contributed by atoms with E-state index in [0.717, 1.165) is 16.9 Å². The van der Waals surface area contributed by atoms with Crippen molar-refractivity contribution in [3.05, 3.63) is 53.2 Å². The Kier molecular flexibility index (Phi) is 4.98. The van der Waals surface area contributed by atoms with Gasteiger partial charge in [0.2, 0.25) is 5.91 Å². The molecule has 1 aliphatic heterocycles. The second-order valence-electron chi connectivity index (χ2n) is 5.55. The first-order valence-corrected chi connectivity index (χ1v) is 9.88. The molecule has 2 aromatic rings. The zero-order valence-corrected chi connectivity index (χ0v) is 14.4. The Bertz CT molecular complexity index is 804. The lowest BCUT2D eigenvalue weighted by atomic mass is 10.2. The summed E-state index contributed by atoms with van der Waals surface area (Å²) in [5.41, 5.74) is 0.760. The molecule has 1 atom stereocenters. The van der Waals surface area contributed by atoms with E-state index in [9.17, 15) is 17.6 Å². The average Bonchev–Trinajstić information content (AvgIpc) is 3.25. The van der Waals surface area contributed by atoms with Crippen molar-refractivity contribution in [1.82, 2.24) is 9.62 Å². The molecule has 0 radical (unpaired) electrons. The molecule has 1 amide bonds. The molecule has 2 heterocycles. The maximum Gasteiger partial charge on any atom is 0.253 e. The van der Waals surface area contributed by atoms with Crippen LogP contribution in [0, 0.1) is 5.82 Å². The summed E-state index contributed by atoms with van der Waals surface area (Å²) in [5, 5.41) is 4.44. The van der Waals surface area contributed by atoms with Crippen LogP contribution in [0.1, 0.15) is 18.4 Å². The summed E-state index contributed by atoms with van der Waals surface area (Å²) in [5.74, 6) is -0.661. The van der Waals surface area contributed by atoms with Crippen molar-refractivity contribution < 1.29 is 17.6 Å². The van der Waals surface area contributed by atoms with E-state index in [1.807, 2.05) is 0 Å². The van der Waals surface area contributed by atoms with Gasteiger partial charge in [0.1, 0.15) is 16.1 Å². The molecule has 8 heteroatoms. The molecule has 0 saturated carbocycles. The van der Waals surface area contributed by atoms with Crippen LogP contribution in [-0.4, -0.2) is 31.2 Å². The minimum atomic E-state index is -3.64. The zero-order valence-electron chi connectivity index (χ0n) is 12.8. The molecule has 3 rings (SSSR count). The van der Waals surface area contributed by atoms with E-state index in [4.69, 9.17) is 0 Å². The SMILES string of the molecule is O=C(NCc1ccc(F)cc1)[C@@H]1CCCN1S(=O)(=O)c1cccs1. The third-order valence-electron chi connectivity index (χ3n) is 3.94. The maximum absolute atomic E-state index is 12.9. The largest absolute Gasteiger partial charge is 0.351 e. The summed E-state index contributed by atoms with van der Waals surface area (Å²) in [6.07, 6.45) is 1.15. The number of halogens is 1. The Morgan fingerprint density at radius 1 is 1.29 bits per heavy atom. The third-order valence-corrected chi connectivity index (χ3v) is 7.23. The van der Waals surface area contributed by atoms with Crippen molar-refractivity contribution in [2.75, 3.05) is 6.54 Å². The molecular weight excluding hydrogens is 351 g/mol. The second-order valence-corrected chi connectivity index (χ2v) is 8.62. The molecule has 5 nitrogen and oxygen atoms in total. The molecule has 24 heavy (non-hydrogen) atoms. The molecule has 0 unspecified atom stereocenters. The molecule has 1 aliphatic rings. The van der Waals surface area contributed by atoms with Crippen LogP contribution in [0.25, 0.3) is 0 Å². The number of thiophene rings is 1. The van der Waals surface area contributed by atoms with Gasteiger partial charge >= 0.3 is 0 Å². The smallest absolute Gasteiger partial charge is 0.253 e. The first-order chi connectivity index (χ1) is 11.5. The van der Waals surface area contributed by atoms with Crippen LogP contribution in [0.3, 0.4) is 0 Å². The van der Waals surface area contributed by atoms with E-state index in [1.165, 1.54) is 16.4 Å². The number of sulfonamides is 1. The van der Waals surface area contributed by atoms with E-state index in [0.29, 0.717) is 19.4 Å². The van der Waals surface area contributed by atoms with Gasteiger partial charge in [0.25, 0.3) is 10.0 Å². The first-order valence-electron chi connectivity index (χ1n) is 7.56. The summed E-state index contributed by atoms with van der Waals surface area (Å²) in [4.78, 5) is 12.4. The number of carbonyl (C=O) groups is 1. The lowest BCUT2D eigenvalue weighted by Crippen LogP contribution is -2.45. The highest BCUT2D eigenvalue weighted by Gasteiger charge is 2.39. The quantitative estimate of drug-likeness (QED) is 0.881. The average molecular weight is 368 g/mol. The molecule has 1 aromatic heterocycles. The van der Waals surface area contributed by atoms with Crippen LogP contribution >= 0.6 is 11.3 Å². The molecule has 0 spiro atoms. The summed E-state index contributed by atoms with van der Waals surface area (Å²) in [6, 6.07) is 8.35. The van der Waals surface area contributed by atoms with Gasteiger partial charge < -0.3 is 5.32 Å². The van der Waals surface area contributed by atoms with Crippen molar-refractivity contribution in [3.63, 3.8) is 0 Å². The number of amides is 1. The Balaban J connectivity index is 1.69. The van der Waals surface area contributed by atoms with Gasteiger partial charge in [0.15, 0.2) is 0 Å². The predicted molar refractivity (Wildman–Crippen MR) is 89.5 cm³/mol. The molecular formula is C16H17FN2O3S2. The number of benzene rings is 1. The van der Waals surface area contributed by atoms with Gasteiger partial charge in [0.05, 0.1) is 0 Å². The van der Waals surface area contributed by atoms with Gasteiger partial charge in [-0.15, -0.1) is 11.3 Å². The molecule has 1 N–H and O–H groups in total. The summed E-state index contributed by atoms with van der Waals surface area (Å²) < 4.78 is 39.7. The molecule has 1 fully saturated rings. The molecule has 0 bridgehead atoms. The number of hydrogen-bond acceptors (Lipinski definition) is 4. The fraction of sp³-hybridized carbons (Fsp3) is 0.312. The minimum absolute atomic E-state index is 0.239. The fourth-order valence-electron chi connectivity index (χ4n) is 2.72. The van der Waals surface area contributed by atoms with Crippen LogP contribution in [0.2, 0.25) is 0 Å². The van der Waals surface area contributed by atoms with E-state index in [1.54, 1.807) is 29.6 Å². The Hall–Kier alpha value is -1.77. The summed E-state index contributed by atoms with van der Waals surface area (Å²) in [6.45, 7) is 0.581. The van der Waals surface area contributed by atoms with Gasteiger partial charge in [-0.2, -0.15) is 4.31 Å². The highest BCUT2D eigenvalue weighted by atomic mass is 32.2. The van der Waals surface area contributed by atoms with Gasteiger partial charge in [-0.25, -0.2) is 12.8 Å². The van der Waals surface area contributed by atoms with Crippen LogP contribution in [-0.2, 0) is 21.4 Å². The number of nitrogens with one attached hydrogen (secondary N) is 1. The normalized spacial score (nSPS) is 18.6. The van der Waals surface area contributed by atoms with Gasteiger partial charge in [0, 0.05) is 13.1 Å². The lowest BCUT2D eigenvalue weighted by molar-refractivity contribution is -0.124. The van der Waals surface area contributed by atoms with Gasteiger partial charge in [-0.1, -0.05) is 18.2 Å². The van der Waals surface area contributed by atoms with E-state index in [2.05, 4.69) is 5.32 Å². The van der Waals surface area contributed by atoms with Crippen molar-refractivity contribution >= 4 is 27.3 Å². The highest BCUT2D eigenvalue weighted by molar-refractivity contribution is 7.91. The van der Waals surface area contributed by atoms with Gasteiger partial charge in [-0.05, 0) is 42.0 Å². The van der Waals surface area contributed by atoms with Crippen molar-refractivity contribution in [1.29, 1.82) is 0 Å². The summed E-state index contributed by atoms with van der Waals surface area (Å²) >= 11 is 1.15. The molecule has 0 aliphatic carbocycles. The second kappa shape index (κ2) is 7.00. The minimum Gasteiger partial charge on any atom is -0.351 e. The standard InChI is InChI=1S/C16H17FN2O3S2/c17-13-7-5-12(6-8-13)11-18-16(20)14-3-1-9-19(14)24(21,22)15-4-2-10-23-15/h2,4-8,10,14H,1,3,9,11H2,(H,18,20)/t14-/m0/s1. The maximum atomic E-state index is 12.9. The Labute approximate surface area is 144 Å². The van der Waals surface area contributed by atoms with Crippen LogP contribution in [0.4, 0.5) is 4.39 Å². The number of hydrogen-bond donors (Lipinski definition) is 1. The molecule has 128 valence electrons. The Morgan fingerprint density at radius 2 is 2.04 bits per heavy atom. The van der Waals surface area contributed by atoms with Crippen molar-refractivity contribution in [2.24, 2.45) is 0 Å². The van der Waals surface area contributed by atoms with Crippen LogP contribution < -0.4 is 5.32 Å². The number of carbonyl (C=O) groups excluding carboxylic acids is 1. The third kappa shape index (κ3) is 3.50. The van der Waals surface area contributed by atoms with E-state index in [-0.39, 0.29) is 22.5 Å². The first kappa shape index (κ1) is 17.1. The zero-order chi connectivity index (χ0) is 17.2. The van der Waals surface area contributed by atoms with Crippen LogP contribution in [0.5, 0.6) is 0 Å². The molecule has 1 saturated heterocycles. The number of rotatable bonds is 5. The van der Waals surface area contributed by atoms with E-state index < -0.39 is 16.1 Å². The Morgan fingerprint density at radius 3 is 2.71 bits per heavy atom. The summed E-state index contributed by atoms with van der Waals surface area (Å²) in [7, 11) is -3.64. The highest BCUT2D eigenvalue weighted by Crippen LogP contribution is 2.28. The van der Waals surface area contributed by atoms with E-state index >= 15 is 0 Å². The monoisotopic (exact) mass is 368 g/mol. The number of nitrogens with zero attached hydrogens (tertiary/aromatic N) is 1. The van der Waals surface area contributed by atoms with Crippen molar-refractivity contribution in [3.8, 4) is 0 Å². The van der Waals surface area contributed by atoms with Gasteiger partial charge in [-0.3, -0.25) is 4.79 Å². The fourth-order valence-corrected chi connectivity index (χ4v) is 5.50. The topological polar surface area (TPSA) is 66.5 Å².